The van der Waals surface area contributed by atoms with Gasteiger partial charge < -0.3 is 49.5 Å². The summed E-state index contributed by atoms with van der Waals surface area (Å²) in [6.07, 6.45) is 0.812. The summed E-state index contributed by atoms with van der Waals surface area (Å²) in [5.41, 5.74) is 0. The van der Waals surface area contributed by atoms with Gasteiger partial charge in [0.2, 0.25) is 0 Å². The van der Waals surface area contributed by atoms with Crippen molar-refractivity contribution in [3.05, 3.63) is 0 Å². The van der Waals surface area contributed by atoms with Gasteiger partial charge in [-0.25, -0.2) is 0 Å². The van der Waals surface area contributed by atoms with Gasteiger partial charge in [0.15, 0.2) is 0 Å². The minimum Gasteiger partial charge on any atom is -0.549 e. The van der Waals surface area contributed by atoms with Gasteiger partial charge in [-0.15, -0.1) is 0 Å². The monoisotopic (exact) mass is 500 g/mol. The molecule has 0 aliphatic carbocycles. The molecule has 0 aromatic carbocycles. The van der Waals surface area contributed by atoms with Gasteiger partial charge in [0.1, 0.15) is 0 Å². The molecule has 0 aromatic rings. The average Bonchev–Trinajstić information content (AvgIpc) is 2.73. The van der Waals surface area contributed by atoms with Gasteiger partial charge >= 0.3 is 0 Å². The third-order valence-electron chi connectivity index (χ3n) is 6.06. The summed E-state index contributed by atoms with van der Waals surface area (Å²) in [7, 11) is 0. The van der Waals surface area contributed by atoms with Crippen molar-refractivity contribution >= 4 is 29.8 Å². The molecule has 0 aliphatic rings. The van der Waals surface area contributed by atoms with E-state index in [1.54, 1.807) is 27.7 Å². The zero-order valence-electron chi connectivity index (χ0n) is 20.6. The van der Waals surface area contributed by atoms with Crippen molar-refractivity contribution in [1.29, 1.82) is 0 Å². The van der Waals surface area contributed by atoms with Crippen LogP contribution >= 0.6 is 0 Å². The summed E-state index contributed by atoms with van der Waals surface area (Å²) < 4.78 is 0. The molecule has 0 radical (unpaired) electrons. The molecule has 0 saturated carbocycles. The van der Waals surface area contributed by atoms with Crippen molar-refractivity contribution < 1.29 is 49.5 Å². The molecule has 0 bridgehead atoms. The van der Waals surface area contributed by atoms with Crippen molar-refractivity contribution in [2.24, 2.45) is 11.8 Å². The SMILES string of the molecule is CC[C@H](C)[C@@H](C(=O)[O-])N(CCN(CCN(CC(=O)[O-])[C@H](C(=O)[O-])[C@@H](C)CC)CC(=O)[O-])CC(=O)[O-]. The Hall–Kier alpha value is -2.77. The molecule has 0 heterocycles. The van der Waals surface area contributed by atoms with E-state index in [9.17, 15) is 49.5 Å². The summed E-state index contributed by atoms with van der Waals surface area (Å²) in [5.74, 6) is -8.48. The summed E-state index contributed by atoms with van der Waals surface area (Å²) in [4.78, 5) is 60.5. The number of aliphatic carboxylic acids is 5. The maximum atomic E-state index is 11.7. The second kappa shape index (κ2) is 16.0. The number of carboxylic acid groups (broad SMARTS) is 5. The lowest BCUT2D eigenvalue weighted by Gasteiger charge is -2.39. The van der Waals surface area contributed by atoms with E-state index >= 15 is 0 Å². The number of carbonyl (C=O) groups is 5. The average molecular weight is 501 g/mol. The lowest BCUT2D eigenvalue weighted by molar-refractivity contribution is -0.318. The van der Waals surface area contributed by atoms with Crippen LogP contribution in [-0.2, 0) is 24.0 Å². The Labute approximate surface area is 204 Å². The Bertz CT molecular complexity index is 680. The number of rotatable bonds is 20. The molecule has 0 unspecified atom stereocenters. The maximum absolute atomic E-state index is 11.7. The third-order valence-corrected chi connectivity index (χ3v) is 6.06. The fourth-order valence-corrected chi connectivity index (χ4v) is 3.89. The Morgan fingerprint density at radius 2 is 0.886 bits per heavy atom. The molecule has 0 spiro atoms. The van der Waals surface area contributed by atoms with Crippen LogP contribution in [0.25, 0.3) is 0 Å². The molecule has 4 atom stereocenters. The fraction of sp³-hybridized carbons (Fsp3) is 0.773. The Kier molecular flexibility index (Phi) is 14.7. The van der Waals surface area contributed by atoms with E-state index in [1.807, 2.05) is 0 Å². The molecule has 0 rings (SSSR count). The standard InChI is InChI=1S/C22H39N3O10/c1-5-14(3)19(21(32)33)24(12-17(28)29)9-7-23(11-16(26)27)8-10-25(13-18(30)31)20(22(34)35)15(4)6-2/h14-15,19-20H,5-13H2,1-4H3,(H,26,27)(H,28,29)(H,30,31)(H,32,33)(H,34,35)/p-5/t14-,15-,19-,20-/m0/s1. The molecule has 13 heteroatoms. The Balaban J connectivity index is 5.70. The molecular formula is C22H34N3O10-5. The van der Waals surface area contributed by atoms with E-state index in [0.717, 1.165) is 9.80 Å². The highest BCUT2D eigenvalue weighted by molar-refractivity contribution is 5.74. The topological polar surface area (TPSA) is 210 Å². The third kappa shape index (κ3) is 12.0. The normalized spacial score (nSPS) is 15.1. The van der Waals surface area contributed by atoms with Crippen molar-refractivity contribution in [2.75, 3.05) is 45.8 Å². The van der Waals surface area contributed by atoms with E-state index in [2.05, 4.69) is 0 Å². The smallest absolute Gasteiger partial charge is 0.0589 e. The largest absolute Gasteiger partial charge is 0.549 e. The first kappa shape index (κ1) is 32.2. The second-order valence-electron chi connectivity index (χ2n) is 8.63. The maximum Gasteiger partial charge on any atom is 0.0589 e. The first-order valence-electron chi connectivity index (χ1n) is 11.5. The Morgan fingerprint density at radius 3 is 1.11 bits per heavy atom. The number of carbonyl (C=O) groups excluding carboxylic acids is 5. The predicted octanol–water partition coefficient (Wildman–Crippen LogP) is -6.53. The van der Waals surface area contributed by atoms with Crippen LogP contribution in [0.5, 0.6) is 0 Å². The van der Waals surface area contributed by atoms with Gasteiger partial charge in [-0.3, -0.25) is 14.7 Å². The number of carboxylic acids is 5. The minimum atomic E-state index is -1.53. The summed E-state index contributed by atoms with van der Waals surface area (Å²) in [6, 6.07) is -2.55. The first-order valence-corrected chi connectivity index (χ1v) is 11.5. The van der Waals surface area contributed by atoms with Crippen molar-refractivity contribution in [2.45, 2.75) is 52.6 Å². The van der Waals surface area contributed by atoms with Crippen molar-refractivity contribution in [3.63, 3.8) is 0 Å². The van der Waals surface area contributed by atoms with E-state index in [1.165, 1.54) is 4.90 Å². The van der Waals surface area contributed by atoms with Crippen LogP contribution in [0.2, 0.25) is 0 Å². The van der Waals surface area contributed by atoms with Crippen LogP contribution in [0.15, 0.2) is 0 Å². The van der Waals surface area contributed by atoms with Crippen molar-refractivity contribution in [1.82, 2.24) is 14.7 Å². The van der Waals surface area contributed by atoms with E-state index in [4.69, 9.17) is 0 Å². The quantitative estimate of drug-likeness (QED) is 0.152. The van der Waals surface area contributed by atoms with Gasteiger partial charge in [0.25, 0.3) is 0 Å². The molecule has 0 aliphatic heterocycles. The highest BCUT2D eigenvalue weighted by Crippen LogP contribution is 2.16. The van der Waals surface area contributed by atoms with Crippen LogP contribution in [0.3, 0.4) is 0 Å². The van der Waals surface area contributed by atoms with E-state index in [-0.39, 0.29) is 26.2 Å². The molecule has 0 N–H and O–H groups in total. The lowest BCUT2D eigenvalue weighted by Crippen LogP contribution is -2.57. The number of hydrogen-bond acceptors (Lipinski definition) is 13. The van der Waals surface area contributed by atoms with Crippen LogP contribution in [0, 0.1) is 11.8 Å². The first-order chi connectivity index (χ1) is 16.2. The zero-order valence-corrected chi connectivity index (χ0v) is 20.6. The van der Waals surface area contributed by atoms with Gasteiger partial charge in [-0.2, -0.15) is 0 Å². The molecule has 0 saturated heterocycles. The van der Waals surface area contributed by atoms with Crippen LogP contribution in [0.4, 0.5) is 0 Å². The second-order valence-corrected chi connectivity index (χ2v) is 8.63. The Morgan fingerprint density at radius 1 is 0.571 bits per heavy atom. The molecule has 202 valence electrons. The van der Waals surface area contributed by atoms with Gasteiger partial charge in [-0.1, -0.05) is 40.5 Å². The minimum absolute atomic E-state index is 0.139. The predicted molar refractivity (Wildman–Crippen MR) is 111 cm³/mol. The van der Waals surface area contributed by atoms with E-state index in [0.29, 0.717) is 12.8 Å². The van der Waals surface area contributed by atoms with Crippen LogP contribution in [0.1, 0.15) is 40.5 Å². The van der Waals surface area contributed by atoms with Crippen LogP contribution < -0.4 is 25.5 Å². The molecular weight excluding hydrogens is 466 g/mol. The lowest BCUT2D eigenvalue weighted by atomic mass is 9.97. The molecule has 0 fully saturated rings. The van der Waals surface area contributed by atoms with Crippen LogP contribution in [-0.4, -0.2) is 102 Å². The van der Waals surface area contributed by atoms with Gasteiger partial charge in [-0.05, 0) is 11.8 Å². The zero-order chi connectivity index (χ0) is 27.3. The summed E-state index contributed by atoms with van der Waals surface area (Å²) >= 11 is 0. The molecule has 0 aromatic heterocycles. The molecule has 13 nitrogen and oxygen atoms in total. The number of nitrogens with zero attached hydrogens (tertiary/aromatic N) is 3. The molecule has 35 heavy (non-hydrogen) atoms. The van der Waals surface area contributed by atoms with Gasteiger partial charge in [0.05, 0.1) is 41.9 Å². The summed E-state index contributed by atoms with van der Waals surface area (Å²) in [6.45, 7) is 3.87. The van der Waals surface area contributed by atoms with E-state index < -0.39 is 73.4 Å². The molecule has 0 amide bonds. The number of hydrogen-bond donors (Lipinski definition) is 0. The van der Waals surface area contributed by atoms with Gasteiger partial charge in [0, 0.05) is 45.8 Å². The highest BCUT2D eigenvalue weighted by Gasteiger charge is 2.27. The fourth-order valence-electron chi connectivity index (χ4n) is 3.89. The highest BCUT2D eigenvalue weighted by atomic mass is 16.4. The van der Waals surface area contributed by atoms with Crippen molar-refractivity contribution in [3.8, 4) is 0 Å². The summed E-state index contributed by atoms with van der Waals surface area (Å²) in [5, 5.41) is 57.0.